The summed E-state index contributed by atoms with van der Waals surface area (Å²) < 4.78 is 40.2. The van der Waals surface area contributed by atoms with Gasteiger partial charge in [-0.2, -0.15) is 13.2 Å². The van der Waals surface area contributed by atoms with Gasteiger partial charge in [-0.05, 0) is 43.2 Å². The van der Waals surface area contributed by atoms with Crippen LogP contribution in [-0.2, 0) is 19.1 Å². The quantitative estimate of drug-likeness (QED) is 0.640. The lowest BCUT2D eigenvalue weighted by Gasteiger charge is -2.38. The summed E-state index contributed by atoms with van der Waals surface area (Å²) in [4.78, 5) is 27.1. The number of hydrogen-bond donors (Lipinski definition) is 1. The molecular weight excluding hydrogens is 433 g/mol. The minimum Gasteiger partial charge on any atom is -0.300 e. The summed E-state index contributed by atoms with van der Waals surface area (Å²) in [5.74, 6) is -0.0585. The molecule has 0 radical (unpaired) electrons. The van der Waals surface area contributed by atoms with E-state index in [9.17, 15) is 18.0 Å². The van der Waals surface area contributed by atoms with Crippen molar-refractivity contribution in [3.8, 4) is 11.1 Å². The Balaban J connectivity index is 1.43. The summed E-state index contributed by atoms with van der Waals surface area (Å²) >= 11 is 0. The van der Waals surface area contributed by atoms with Gasteiger partial charge in [0.15, 0.2) is 11.5 Å². The second-order valence-electron chi connectivity index (χ2n) is 8.33. The number of rotatable bonds is 2. The summed E-state index contributed by atoms with van der Waals surface area (Å²) in [6.07, 6.45) is 0.888. The Kier molecular flexibility index (Phi) is 5.04. The van der Waals surface area contributed by atoms with Gasteiger partial charge in [0.25, 0.3) is 5.56 Å². The van der Waals surface area contributed by atoms with E-state index in [1.807, 2.05) is 38.4 Å². The lowest BCUT2D eigenvalue weighted by Crippen LogP contribution is -2.51. The average molecular weight is 454 g/mol. The lowest BCUT2D eigenvalue weighted by molar-refractivity contribution is -0.141. The molecule has 2 aliphatic heterocycles. The van der Waals surface area contributed by atoms with Gasteiger partial charge in [0.1, 0.15) is 6.17 Å². The van der Waals surface area contributed by atoms with E-state index in [0.29, 0.717) is 19.2 Å². The molecule has 33 heavy (non-hydrogen) atoms. The van der Waals surface area contributed by atoms with Crippen LogP contribution in [0.4, 0.5) is 13.2 Å². The number of aryl methyl sites for hydroxylation is 1. The molecule has 1 N–H and O–H groups in total. The largest absolute Gasteiger partial charge is 0.433 e. The molecule has 2 aliphatic rings. The van der Waals surface area contributed by atoms with Crippen LogP contribution in [0.3, 0.4) is 0 Å². The van der Waals surface area contributed by atoms with Crippen LogP contribution < -0.4 is 11.0 Å². The molecule has 0 aliphatic carbocycles. The number of halogens is 3. The molecule has 5 rings (SSSR count). The number of nitrogens with one attached hydrogen (secondary N) is 1. The predicted molar refractivity (Wildman–Crippen MR) is 117 cm³/mol. The van der Waals surface area contributed by atoms with Crippen molar-refractivity contribution in [2.24, 2.45) is 0 Å². The number of fused-ring (bicyclic) bond motifs is 2. The van der Waals surface area contributed by atoms with Crippen LogP contribution in [0.5, 0.6) is 0 Å². The maximum Gasteiger partial charge on any atom is 0.433 e. The summed E-state index contributed by atoms with van der Waals surface area (Å²) in [7, 11) is 0. The molecule has 170 valence electrons. The fourth-order valence-electron chi connectivity index (χ4n) is 4.21. The minimum absolute atomic E-state index is 0.0585. The number of nitrogens with zero attached hydrogens (tertiary/aromatic N) is 5. The Labute approximate surface area is 187 Å². The number of alkyl halides is 3. The first-order chi connectivity index (χ1) is 15.7. The summed E-state index contributed by atoms with van der Waals surface area (Å²) in [5, 5.41) is 0. The van der Waals surface area contributed by atoms with Gasteiger partial charge in [-0.25, -0.2) is 9.66 Å². The summed E-state index contributed by atoms with van der Waals surface area (Å²) in [6.45, 7) is 5.02. The lowest BCUT2D eigenvalue weighted by atomic mass is 9.99. The molecule has 1 unspecified atom stereocenters. The molecule has 10 heteroatoms. The van der Waals surface area contributed by atoms with Crippen molar-refractivity contribution < 1.29 is 13.2 Å². The Morgan fingerprint density at radius 3 is 2.61 bits per heavy atom. The van der Waals surface area contributed by atoms with Crippen molar-refractivity contribution in [3.05, 3.63) is 81.1 Å². The molecule has 3 aromatic rings. The first-order valence-electron chi connectivity index (χ1n) is 10.5. The molecule has 7 nitrogen and oxygen atoms in total. The molecular formula is C23H21F3N6O. The van der Waals surface area contributed by atoms with Crippen molar-refractivity contribution >= 4 is 6.08 Å². The van der Waals surface area contributed by atoms with Gasteiger partial charge in [0.05, 0.1) is 0 Å². The van der Waals surface area contributed by atoms with Gasteiger partial charge in [-0.3, -0.25) is 25.1 Å². The van der Waals surface area contributed by atoms with Crippen LogP contribution in [0.2, 0.25) is 0 Å². The summed E-state index contributed by atoms with van der Waals surface area (Å²) in [5.41, 5.74) is 6.80. The van der Waals surface area contributed by atoms with E-state index in [2.05, 4.69) is 31.3 Å². The third-order valence-electron chi connectivity index (χ3n) is 5.95. The molecule has 5 heterocycles. The van der Waals surface area contributed by atoms with Gasteiger partial charge >= 0.3 is 6.18 Å². The molecule has 1 atom stereocenters. The van der Waals surface area contributed by atoms with E-state index >= 15 is 0 Å². The van der Waals surface area contributed by atoms with E-state index in [4.69, 9.17) is 0 Å². The van der Waals surface area contributed by atoms with Gasteiger partial charge < -0.3 is 0 Å². The zero-order valence-corrected chi connectivity index (χ0v) is 18.0. The van der Waals surface area contributed by atoms with E-state index in [0.717, 1.165) is 44.7 Å². The highest BCUT2D eigenvalue weighted by atomic mass is 19.4. The van der Waals surface area contributed by atoms with Crippen LogP contribution in [0.15, 0.2) is 47.0 Å². The first-order valence-corrected chi connectivity index (χ1v) is 10.5. The van der Waals surface area contributed by atoms with Crippen molar-refractivity contribution in [2.75, 3.05) is 12.0 Å². The Bertz CT molecular complexity index is 1310. The van der Waals surface area contributed by atoms with Crippen LogP contribution in [0, 0.1) is 6.92 Å². The van der Waals surface area contributed by atoms with Crippen molar-refractivity contribution in [2.45, 2.75) is 39.2 Å². The first kappa shape index (κ1) is 21.3. The van der Waals surface area contributed by atoms with Crippen LogP contribution in [0.25, 0.3) is 17.2 Å². The third-order valence-corrected chi connectivity index (χ3v) is 5.95. The molecule has 0 fully saturated rings. The molecule has 0 aromatic carbocycles. The highest BCUT2D eigenvalue weighted by Crippen LogP contribution is 2.29. The van der Waals surface area contributed by atoms with E-state index in [-0.39, 0.29) is 12.0 Å². The van der Waals surface area contributed by atoms with Crippen molar-refractivity contribution in [1.29, 1.82) is 0 Å². The minimum atomic E-state index is -4.68. The molecule has 0 saturated heterocycles. The third kappa shape index (κ3) is 4.02. The van der Waals surface area contributed by atoms with Crippen LogP contribution in [0.1, 0.15) is 35.4 Å². The van der Waals surface area contributed by atoms with Gasteiger partial charge in [0, 0.05) is 60.5 Å². The zero-order valence-electron chi connectivity index (χ0n) is 18.0. The molecule has 3 aromatic heterocycles. The molecule has 0 amide bonds. The van der Waals surface area contributed by atoms with Crippen LogP contribution >= 0.6 is 0 Å². The standard InChI is InChI=1S/C23H21F3N6O/c1-13-7-20-29-19(23(24,25)26)9-21(33)32(20)30-22(13)31-6-5-18-17(12-31)8-16(11-28-18)15-4-3-14(2)27-10-15/h3-4,7-11,22,30H,5-6,12H2,1-2H3. The fourth-order valence-corrected chi connectivity index (χ4v) is 4.21. The maximum atomic E-state index is 13.0. The topological polar surface area (TPSA) is 75.9 Å². The van der Waals surface area contributed by atoms with Gasteiger partial charge in [0.2, 0.25) is 0 Å². The fraction of sp³-hybridized carbons (Fsp3) is 0.304. The summed E-state index contributed by atoms with van der Waals surface area (Å²) in [6, 6.07) is 6.57. The normalized spacial score (nSPS) is 18.2. The average Bonchev–Trinajstić information content (AvgIpc) is 2.78. The molecule has 0 bridgehead atoms. The predicted octanol–water partition coefficient (Wildman–Crippen LogP) is 3.37. The maximum absolute atomic E-state index is 13.0. The number of pyridine rings is 2. The Morgan fingerprint density at radius 2 is 1.88 bits per heavy atom. The zero-order chi connectivity index (χ0) is 23.3. The van der Waals surface area contributed by atoms with Crippen LogP contribution in [-0.4, -0.2) is 37.2 Å². The second kappa shape index (κ2) is 7.80. The highest BCUT2D eigenvalue weighted by Gasteiger charge is 2.35. The van der Waals surface area contributed by atoms with Crippen molar-refractivity contribution in [3.63, 3.8) is 0 Å². The highest BCUT2D eigenvalue weighted by molar-refractivity contribution is 5.62. The van der Waals surface area contributed by atoms with Gasteiger partial charge in [-0.1, -0.05) is 6.07 Å². The van der Waals surface area contributed by atoms with Gasteiger partial charge in [-0.15, -0.1) is 0 Å². The number of hydrogen-bond acceptors (Lipinski definition) is 6. The Hall–Kier alpha value is -3.53. The van der Waals surface area contributed by atoms with E-state index in [1.54, 1.807) is 0 Å². The second-order valence-corrected chi connectivity index (χ2v) is 8.33. The monoisotopic (exact) mass is 454 g/mol. The number of aromatic nitrogens is 4. The van der Waals surface area contributed by atoms with E-state index < -0.39 is 17.4 Å². The SMILES string of the molecule is CC1=Cc2nc(C(F)(F)F)cc(=O)n2NC1N1CCc2ncc(-c3ccc(C)nc3)cc2C1. The molecule has 0 spiro atoms. The van der Waals surface area contributed by atoms with E-state index in [1.165, 1.54) is 6.08 Å². The smallest absolute Gasteiger partial charge is 0.300 e. The Morgan fingerprint density at radius 1 is 1.09 bits per heavy atom. The molecule has 0 saturated carbocycles. The van der Waals surface area contributed by atoms with Crippen molar-refractivity contribution in [1.82, 2.24) is 24.5 Å².